The highest BCUT2D eigenvalue weighted by Gasteiger charge is 2.11. The highest BCUT2D eigenvalue weighted by molar-refractivity contribution is 6.19. The van der Waals surface area contributed by atoms with Gasteiger partial charge in [-0.2, -0.15) is 5.26 Å². The first-order valence-corrected chi connectivity index (χ1v) is 10.1. The van der Waals surface area contributed by atoms with Gasteiger partial charge in [-0.25, -0.2) is 0 Å². The monoisotopic (exact) mass is 396 g/mol. The normalized spacial score (nSPS) is 11.2. The second-order valence-corrected chi connectivity index (χ2v) is 7.62. The molecule has 2 aromatic heterocycles. The predicted molar refractivity (Wildman–Crippen MR) is 125 cm³/mol. The van der Waals surface area contributed by atoms with Crippen molar-refractivity contribution >= 4 is 32.7 Å². The molecule has 0 saturated heterocycles. The quantitative estimate of drug-likeness (QED) is 0.308. The van der Waals surface area contributed by atoms with Gasteiger partial charge < -0.3 is 4.42 Å². The lowest BCUT2D eigenvalue weighted by Gasteiger charge is -2.05. The lowest BCUT2D eigenvalue weighted by atomic mass is 9.99. The van der Waals surface area contributed by atoms with Crippen molar-refractivity contribution in [3.05, 3.63) is 103 Å². The third-order valence-electron chi connectivity index (χ3n) is 5.78. The molecule has 0 spiro atoms. The Morgan fingerprint density at radius 3 is 2.26 bits per heavy atom. The number of hydrogen-bond acceptors (Lipinski definition) is 3. The molecule has 0 aliphatic heterocycles. The molecule has 0 atom stereocenters. The van der Waals surface area contributed by atoms with E-state index in [9.17, 15) is 0 Å². The van der Waals surface area contributed by atoms with Crippen LogP contribution >= 0.6 is 0 Å². The van der Waals surface area contributed by atoms with Crippen LogP contribution in [0.1, 0.15) is 5.56 Å². The van der Waals surface area contributed by atoms with E-state index >= 15 is 0 Å². The van der Waals surface area contributed by atoms with Crippen molar-refractivity contribution in [2.75, 3.05) is 0 Å². The van der Waals surface area contributed by atoms with Gasteiger partial charge >= 0.3 is 0 Å². The van der Waals surface area contributed by atoms with Crippen molar-refractivity contribution in [1.29, 1.82) is 5.26 Å². The Bertz CT molecular complexity index is 1640. The number of fused-ring (bicyclic) bond motifs is 5. The molecule has 6 rings (SSSR count). The SMILES string of the molecule is N#Cc1cncc(-c2ccc(-c3ccc4c(c3)oc3ccc5ccccc5c34)cc2)c1. The van der Waals surface area contributed by atoms with Gasteiger partial charge in [0.2, 0.25) is 0 Å². The van der Waals surface area contributed by atoms with Gasteiger partial charge in [0.15, 0.2) is 0 Å². The smallest absolute Gasteiger partial charge is 0.136 e. The summed E-state index contributed by atoms with van der Waals surface area (Å²) in [6.07, 6.45) is 3.35. The Hall–Kier alpha value is -4.42. The maximum atomic E-state index is 9.10. The van der Waals surface area contributed by atoms with Crippen LogP contribution in [0.25, 0.3) is 55.0 Å². The van der Waals surface area contributed by atoms with Crippen LogP contribution in [0.2, 0.25) is 0 Å². The van der Waals surface area contributed by atoms with Gasteiger partial charge in [0, 0.05) is 28.7 Å². The maximum Gasteiger partial charge on any atom is 0.136 e. The number of nitriles is 1. The number of aromatic nitrogens is 1. The van der Waals surface area contributed by atoms with E-state index in [0.29, 0.717) is 5.56 Å². The molecule has 0 aliphatic carbocycles. The van der Waals surface area contributed by atoms with Gasteiger partial charge in [-0.05, 0) is 51.7 Å². The number of hydrogen-bond donors (Lipinski definition) is 0. The van der Waals surface area contributed by atoms with E-state index in [0.717, 1.165) is 38.8 Å². The van der Waals surface area contributed by atoms with Gasteiger partial charge in [0.25, 0.3) is 0 Å². The minimum absolute atomic E-state index is 0.560. The molecule has 31 heavy (non-hydrogen) atoms. The molecule has 0 amide bonds. The van der Waals surface area contributed by atoms with Crippen molar-refractivity contribution in [2.24, 2.45) is 0 Å². The van der Waals surface area contributed by atoms with Crippen molar-refractivity contribution in [2.45, 2.75) is 0 Å². The number of nitrogens with zero attached hydrogens (tertiary/aromatic N) is 2. The van der Waals surface area contributed by atoms with Crippen LogP contribution in [0.4, 0.5) is 0 Å². The second kappa shape index (κ2) is 6.83. The molecule has 0 fully saturated rings. The molecule has 144 valence electrons. The fourth-order valence-electron chi connectivity index (χ4n) is 4.24. The van der Waals surface area contributed by atoms with E-state index in [1.54, 1.807) is 12.4 Å². The van der Waals surface area contributed by atoms with Crippen molar-refractivity contribution in [3.8, 4) is 28.3 Å². The van der Waals surface area contributed by atoms with Crippen molar-refractivity contribution < 1.29 is 4.42 Å². The largest absolute Gasteiger partial charge is 0.456 e. The summed E-state index contributed by atoms with van der Waals surface area (Å²) in [7, 11) is 0. The highest BCUT2D eigenvalue weighted by atomic mass is 16.3. The summed E-state index contributed by atoms with van der Waals surface area (Å²) >= 11 is 0. The first-order valence-electron chi connectivity index (χ1n) is 10.1. The zero-order valence-electron chi connectivity index (χ0n) is 16.5. The molecule has 0 unspecified atom stereocenters. The standard InChI is InChI=1S/C28H16N2O/c29-15-18-13-23(17-30-16-18)20-7-5-19(6-8-20)22-9-11-25-27(14-22)31-26-12-10-21-3-1-2-4-24(21)28(25)26/h1-14,16-17H. The summed E-state index contributed by atoms with van der Waals surface area (Å²) < 4.78 is 6.20. The average molecular weight is 396 g/mol. The zero-order chi connectivity index (χ0) is 20.8. The molecule has 4 aromatic carbocycles. The van der Waals surface area contributed by atoms with Crippen LogP contribution in [0.15, 0.2) is 102 Å². The molecule has 6 aromatic rings. The van der Waals surface area contributed by atoms with Gasteiger partial charge in [-0.15, -0.1) is 0 Å². The molecule has 3 nitrogen and oxygen atoms in total. The Morgan fingerprint density at radius 2 is 1.42 bits per heavy atom. The fraction of sp³-hybridized carbons (Fsp3) is 0. The highest BCUT2D eigenvalue weighted by Crippen LogP contribution is 2.36. The number of furan rings is 1. The van der Waals surface area contributed by atoms with Crippen LogP contribution < -0.4 is 0 Å². The van der Waals surface area contributed by atoms with Gasteiger partial charge in [-0.1, -0.05) is 60.7 Å². The summed E-state index contributed by atoms with van der Waals surface area (Å²) in [6.45, 7) is 0. The van der Waals surface area contributed by atoms with E-state index < -0.39 is 0 Å². The molecule has 3 heteroatoms. The molecule has 0 aliphatic rings. The summed E-state index contributed by atoms with van der Waals surface area (Å²) in [5.41, 5.74) is 6.54. The van der Waals surface area contributed by atoms with Crippen LogP contribution in [-0.2, 0) is 0 Å². The second-order valence-electron chi connectivity index (χ2n) is 7.62. The summed E-state index contributed by atoms with van der Waals surface area (Å²) in [5.74, 6) is 0. The third-order valence-corrected chi connectivity index (χ3v) is 5.78. The number of rotatable bonds is 2. The van der Waals surface area contributed by atoms with Crippen molar-refractivity contribution in [1.82, 2.24) is 4.98 Å². The van der Waals surface area contributed by atoms with Crippen molar-refractivity contribution in [3.63, 3.8) is 0 Å². The first-order chi connectivity index (χ1) is 15.3. The average Bonchev–Trinajstić information content (AvgIpc) is 3.22. The molecule has 2 heterocycles. The topological polar surface area (TPSA) is 49.8 Å². The Labute approximate surface area is 178 Å². The molecule has 0 radical (unpaired) electrons. The van der Waals surface area contributed by atoms with Gasteiger partial charge in [-0.3, -0.25) is 4.98 Å². The maximum absolute atomic E-state index is 9.10. The Kier molecular flexibility index (Phi) is 3.84. The van der Waals surface area contributed by atoms with Gasteiger partial charge in [0.1, 0.15) is 17.2 Å². The minimum atomic E-state index is 0.560. The summed E-state index contributed by atoms with van der Waals surface area (Å²) in [5, 5.41) is 13.8. The van der Waals surface area contributed by atoms with Gasteiger partial charge in [0.05, 0.1) is 5.56 Å². The third kappa shape index (κ3) is 2.86. The van der Waals surface area contributed by atoms with E-state index in [1.165, 1.54) is 16.2 Å². The predicted octanol–water partition coefficient (Wildman–Crippen LogP) is 7.34. The molecular formula is C28H16N2O. The Balaban J connectivity index is 1.44. The van der Waals surface area contributed by atoms with E-state index in [2.05, 4.69) is 89.9 Å². The van der Waals surface area contributed by atoms with E-state index in [4.69, 9.17) is 9.68 Å². The van der Waals surface area contributed by atoms with Crippen LogP contribution in [0, 0.1) is 11.3 Å². The summed E-state index contributed by atoms with van der Waals surface area (Å²) in [6, 6.07) is 31.3. The molecule has 0 N–H and O–H groups in total. The van der Waals surface area contributed by atoms with Crippen LogP contribution in [0.5, 0.6) is 0 Å². The Morgan fingerprint density at radius 1 is 0.645 bits per heavy atom. The first kappa shape index (κ1) is 17.4. The zero-order valence-corrected chi connectivity index (χ0v) is 16.5. The lowest BCUT2D eigenvalue weighted by molar-refractivity contribution is 0.669. The van der Waals surface area contributed by atoms with E-state index in [1.807, 2.05) is 6.07 Å². The van der Waals surface area contributed by atoms with Crippen LogP contribution in [-0.4, -0.2) is 4.98 Å². The minimum Gasteiger partial charge on any atom is -0.456 e. The lowest BCUT2D eigenvalue weighted by Crippen LogP contribution is -1.84. The number of pyridine rings is 1. The molecular weight excluding hydrogens is 380 g/mol. The molecule has 0 saturated carbocycles. The fourth-order valence-corrected chi connectivity index (χ4v) is 4.24. The summed E-state index contributed by atoms with van der Waals surface area (Å²) in [4.78, 5) is 4.15. The van der Waals surface area contributed by atoms with E-state index in [-0.39, 0.29) is 0 Å². The van der Waals surface area contributed by atoms with Crippen LogP contribution in [0.3, 0.4) is 0 Å². The number of benzene rings is 4. The molecule has 0 bridgehead atoms.